The van der Waals surface area contributed by atoms with Gasteiger partial charge in [-0.05, 0) is 56.1 Å². The highest BCUT2D eigenvalue weighted by Crippen LogP contribution is 2.26. The predicted octanol–water partition coefficient (Wildman–Crippen LogP) is 3.47. The Balaban J connectivity index is 2.98. The number of halogens is 1. The molecule has 0 amide bonds. The summed E-state index contributed by atoms with van der Waals surface area (Å²) in [7, 11) is 2.02. The molecule has 0 saturated heterocycles. The van der Waals surface area contributed by atoms with Crippen LogP contribution in [0.2, 0.25) is 0 Å². The molecule has 1 N–H and O–H groups in total. The molecule has 1 heterocycles. The Morgan fingerprint density at radius 1 is 1.33 bits per heavy atom. The summed E-state index contributed by atoms with van der Waals surface area (Å²) in [5.41, 5.74) is 2.14. The molecule has 1 atom stereocenters. The highest BCUT2D eigenvalue weighted by Gasteiger charge is 2.31. The molecule has 0 spiro atoms. The van der Waals surface area contributed by atoms with Crippen LogP contribution >= 0.6 is 15.9 Å². The lowest BCUT2D eigenvalue weighted by Gasteiger charge is -2.35. The maximum atomic E-state index is 5.97. The van der Waals surface area contributed by atoms with Crippen LogP contribution in [0.1, 0.15) is 52.4 Å². The van der Waals surface area contributed by atoms with Gasteiger partial charge in [-0.1, -0.05) is 13.8 Å². The first-order valence-electron chi connectivity index (χ1n) is 7.94. The summed E-state index contributed by atoms with van der Waals surface area (Å²) in [5.74, 6) is 0. The Morgan fingerprint density at radius 2 is 2.00 bits per heavy atom. The van der Waals surface area contributed by atoms with Crippen molar-refractivity contribution in [3.63, 3.8) is 0 Å². The number of aromatic nitrogens is 2. The molecule has 0 radical (unpaired) electrons. The first kappa shape index (κ1) is 18.7. The van der Waals surface area contributed by atoms with Gasteiger partial charge < -0.3 is 10.1 Å². The van der Waals surface area contributed by atoms with Crippen LogP contribution in [0, 0.1) is 0 Å². The third kappa shape index (κ3) is 4.80. The van der Waals surface area contributed by atoms with Gasteiger partial charge in [-0.25, -0.2) is 0 Å². The summed E-state index contributed by atoms with van der Waals surface area (Å²) < 4.78 is 9.10. The summed E-state index contributed by atoms with van der Waals surface area (Å²) in [5, 5.41) is 8.23. The van der Waals surface area contributed by atoms with Gasteiger partial charge in [0.15, 0.2) is 0 Å². The summed E-state index contributed by atoms with van der Waals surface area (Å²) in [6.45, 7) is 12.4. The van der Waals surface area contributed by atoms with Crippen LogP contribution in [0.15, 0.2) is 4.47 Å². The number of ether oxygens (including phenoxy) is 1. The Labute approximate surface area is 137 Å². The van der Waals surface area contributed by atoms with Crippen molar-refractivity contribution in [1.29, 1.82) is 0 Å². The van der Waals surface area contributed by atoms with E-state index in [2.05, 4.69) is 54.0 Å². The standard InChI is InChI=1S/C16H30BrN3O/c1-7-10-18-14(16(4,5)21-9-3)11-13-15(17)12(8-2)19-20(13)6/h14,18H,7-11H2,1-6H3. The normalized spacial score (nSPS) is 13.7. The van der Waals surface area contributed by atoms with Crippen LogP contribution in [0.25, 0.3) is 0 Å². The first-order chi connectivity index (χ1) is 9.87. The minimum absolute atomic E-state index is 0.208. The highest BCUT2D eigenvalue weighted by molar-refractivity contribution is 9.10. The monoisotopic (exact) mass is 359 g/mol. The van der Waals surface area contributed by atoms with Crippen molar-refractivity contribution in [3.05, 3.63) is 15.9 Å². The summed E-state index contributed by atoms with van der Waals surface area (Å²) >= 11 is 3.71. The maximum absolute atomic E-state index is 5.97. The second kappa shape index (κ2) is 8.30. The Hall–Kier alpha value is -0.390. The first-order valence-corrected chi connectivity index (χ1v) is 8.74. The van der Waals surface area contributed by atoms with Crippen molar-refractivity contribution in [1.82, 2.24) is 15.1 Å². The molecule has 5 heteroatoms. The van der Waals surface area contributed by atoms with Gasteiger partial charge in [0.2, 0.25) is 0 Å². The van der Waals surface area contributed by atoms with E-state index >= 15 is 0 Å². The molecular weight excluding hydrogens is 330 g/mol. The lowest BCUT2D eigenvalue weighted by molar-refractivity contribution is -0.0383. The van der Waals surface area contributed by atoms with Crippen LogP contribution in [0.3, 0.4) is 0 Å². The molecule has 0 saturated carbocycles. The molecule has 1 aromatic heterocycles. The van der Waals surface area contributed by atoms with Crippen LogP contribution in [-0.2, 0) is 24.6 Å². The van der Waals surface area contributed by atoms with Gasteiger partial charge in [-0.3, -0.25) is 4.68 Å². The van der Waals surface area contributed by atoms with E-state index in [0.717, 1.165) is 42.6 Å². The number of aryl methyl sites for hydroxylation is 2. The maximum Gasteiger partial charge on any atom is 0.0782 e. The largest absolute Gasteiger partial charge is 0.374 e. The SMILES string of the molecule is CCCNC(Cc1c(Br)c(CC)nn1C)C(C)(C)OCC. The third-order valence-corrected chi connectivity index (χ3v) is 4.81. The zero-order chi connectivity index (χ0) is 16.0. The second-order valence-electron chi connectivity index (χ2n) is 5.93. The Bertz CT molecular complexity index is 443. The minimum Gasteiger partial charge on any atom is -0.374 e. The van der Waals surface area contributed by atoms with Crippen LogP contribution in [0.5, 0.6) is 0 Å². The average molecular weight is 360 g/mol. The Kier molecular flexibility index (Phi) is 7.37. The van der Waals surface area contributed by atoms with E-state index in [-0.39, 0.29) is 11.6 Å². The molecular formula is C16H30BrN3O. The fourth-order valence-corrected chi connectivity index (χ4v) is 3.37. The van der Waals surface area contributed by atoms with Crippen molar-refractivity contribution in [2.75, 3.05) is 13.2 Å². The quantitative estimate of drug-likeness (QED) is 0.733. The van der Waals surface area contributed by atoms with Gasteiger partial charge in [0.05, 0.1) is 21.5 Å². The lowest BCUT2D eigenvalue weighted by atomic mass is 9.93. The van der Waals surface area contributed by atoms with Crippen LogP contribution in [-0.4, -0.2) is 34.6 Å². The molecule has 1 unspecified atom stereocenters. The van der Waals surface area contributed by atoms with E-state index in [0.29, 0.717) is 0 Å². The topological polar surface area (TPSA) is 39.1 Å². The van der Waals surface area contributed by atoms with Gasteiger partial charge in [-0.2, -0.15) is 5.10 Å². The molecule has 0 aliphatic heterocycles. The molecule has 0 aromatic carbocycles. The van der Waals surface area contributed by atoms with E-state index in [4.69, 9.17) is 4.74 Å². The van der Waals surface area contributed by atoms with E-state index in [1.54, 1.807) is 0 Å². The number of rotatable bonds is 9. The summed E-state index contributed by atoms with van der Waals surface area (Å²) in [6.07, 6.45) is 2.96. The summed E-state index contributed by atoms with van der Waals surface area (Å²) in [6, 6.07) is 0.258. The van der Waals surface area contributed by atoms with Crippen molar-refractivity contribution in [2.45, 2.75) is 65.5 Å². The fourth-order valence-electron chi connectivity index (χ4n) is 2.59. The van der Waals surface area contributed by atoms with E-state index in [9.17, 15) is 0 Å². The molecule has 0 fully saturated rings. The lowest BCUT2D eigenvalue weighted by Crippen LogP contribution is -2.50. The fraction of sp³-hybridized carbons (Fsp3) is 0.812. The molecule has 1 aromatic rings. The second-order valence-corrected chi connectivity index (χ2v) is 6.72. The Morgan fingerprint density at radius 3 is 2.48 bits per heavy atom. The molecule has 0 aliphatic carbocycles. The predicted molar refractivity (Wildman–Crippen MR) is 91.8 cm³/mol. The zero-order valence-electron chi connectivity index (χ0n) is 14.3. The summed E-state index contributed by atoms with van der Waals surface area (Å²) in [4.78, 5) is 0. The molecule has 122 valence electrons. The van der Waals surface area contributed by atoms with Gasteiger partial charge in [0, 0.05) is 26.1 Å². The van der Waals surface area contributed by atoms with Crippen LogP contribution < -0.4 is 5.32 Å². The average Bonchev–Trinajstić information content (AvgIpc) is 2.69. The van der Waals surface area contributed by atoms with Gasteiger partial charge in [0.1, 0.15) is 0 Å². The zero-order valence-corrected chi connectivity index (χ0v) is 15.9. The highest BCUT2D eigenvalue weighted by atomic mass is 79.9. The van der Waals surface area contributed by atoms with Crippen molar-refractivity contribution >= 4 is 15.9 Å². The minimum atomic E-state index is -0.208. The third-order valence-electron chi connectivity index (χ3n) is 3.90. The van der Waals surface area contributed by atoms with Crippen LogP contribution in [0.4, 0.5) is 0 Å². The molecule has 4 nitrogen and oxygen atoms in total. The number of hydrogen-bond donors (Lipinski definition) is 1. The van der Waals surface area contributed by atoms with Gasteiger partial charge in [0.25, 0.3) is 0 Å². The number of nitrogens with zero attached hydrogens (tertiary/aromatic N) is 2. The van der Waals surface area contributed by atoms with E-state index in [1.165, 1.54) is 5.69 Å². The van der Waals surface area contributed by atoms with Gasteiger partial charge >= 0.3 is 0 Å². The molecule has 0 aliphatic rings. The molecule has 1 rings (SSSR count). The number of hydrogen-bond acceptors (Lipinski definition) is 3. The van der Waals surface area contributed by atoms with Crippen molar-refractivity contribution < 1.29 is 4.74 Å². The molecule has 21 heavy (non-hydrogen) atoms. The smallest absolute Gasteiger partial charge is 0.0782 e. The van der Waals surface area contributed by atoms with Crippen molar-refractivity contribution in [2.24, 2.45) is 7.05 Å². The van der Waals surface area contributed by atoms with E-state index < -0.39 is 0 Å². The van der Waals surface area contributed by atoms with E-state index in [1.807, 2.05) is 18.7 Å². The molecule has 0 bridgehead atoms. The van der Waals surface area contributed by atoms with Crippen molar-refractivity contribution in [3.8, 4) is 0 Å². The van der Waals surface area contributed by atoms with Gasteiger partial charge in [-0.15, -0.1) is 0 Å². The number of nitrogens with one attached hydrogen (secondary N) is 1.